The van der Waals surface area contributed by atoms with Crippen LogP contribution in [-0.2, 0) is 13.6 Å². The van der Waals surface area contributed by atoms with Crippen LogP contribution >= 0.6 is 0 Å². The van der Waals surface area contributed by atoms with Gasteiger partial charge in [0.15, 0.2) is 5.82 Å². The van der Waals surface area contributed by atoms with Gasteiger partial charge in [0.25, 0.3) is 5.91 Å². The number of amides is 1. The SMILES string of the molecule is COc1cc(C(=O)N2CC3CC(C2)[C@@H](C)C3)cc2nc(-c3cc4ccc(-c5cccc(C#N)c5)nc4n3CC3CC3)n(C)c12. The van der Waals surface area contributed by atoms with Crippen LogP contribution in [0.5, 0.6) is 5.75 Å². The van der Waals surface area contributed by atoms with Crippen molar-refractivity contribution in [2.75, 3.05) is 20.2 Å². The van der Waals surface area contributed by atoms with E-state index in [4.69, 9.17) is 14.7 Å². The van der Waals surface area contributed by atoms with E-state index in [9.17, 15) is 10.1 Å². The van der Waals surface area contributed by atoms with E-state index in [1.54, 1.807) is 7.11 Å². The van der Waals surface area contributed by atoms with E-state index in [1.807, 2.05) is 49.5 Å². The lowest BCUT2D eigenvalue weighted by Gasteiger charge is -2.32. The molecule has 1 amide bonds. The Labute approximate surface area is 256 Å². The van der Waals surface area contributed by atoms with E-state index in [0.717, 1.165) is 64.5 Å². The molecule has 2 saturated carbocycles. The summed E-state index contributed by atoms with van der Waals surface area (Å²) in [5.74, 6) is 4.06. The maximum Gasteiger partial charge on any atom is 0.254 e. The molecule has 3 fully saturated rings. The van der Waals surface area contributed by atoms with Crippen molar-refractivity contribution >= 4 is 28.0 Å². The van der Waals surface area contributed by atoms with Crippen LogP contribution in [0, 0.1) is 35.0 Å². The molecule has 2 aromatic carbocycles. The zero-order chi connectivity index (χ0) is 30.1. The maximum atomic E-state index is 13.8. The average Bonchev–Trinajstić information content (AvgIpc) is 3.64. The Morgan fingerprint density at radius 3 is 2.70 bits per heavy atom. The van der Waals surface area contributed by atoms with Crippen LogP contribution in [-0.4, -0.2) is 50.1 Å². The lowest BCUT2D eigenvalue weighted by molar-refractivity contribution is 0.0653. The highest BCUT2D eigenvalue weighted by Gasteiger charge is 2.39. The number of carbonyl (C=O) groups excluding carboxylic acids is 1. The fourth-order valence-electron chi connectivity index (χ4n) is 7.68. The van der Waals surface area contributed by atoms with Gasteiger partial charge in [-0.05, 0) is 91.8 Å². The number of pyridine rings is 1. The van der Waals surface area contributed by atoms with Crippen LogP contribution in [0.1, 0.15) is 48.5 Å². The summed E-state index contributed by atoms with van der Waals surface area (Å²) in [4.78, 5) is 26.1. The van der Waals surface area contributed by atoms with E-state index in [0.29, 0.717) is 40.5 Å². The molecular formula is C36H36N6O2. The van der Waals surface area contributed by atoms with Gasteiger partial charge in [0.05, 0.1) is 35.6 Å². The van der Waals surface area contributed by atoms with Gasteiger partial charge in [-0.3, -0.25) is 4.79 Å². The number of fused-ring (bicyclic) bond motifs is 4. The number of methoxy groups -OCH3 is 1. The predicted octanol–water partition coefficient (Wildman–Crippen LogP) is 6.67. The van der Waals surface area contributed by atoms with Gasteiger partial charge < -0.3 is 18.8 Å². The molecular weight excluding hydrogens is 548 g/mol. The number of imidazole rings is 1. The Bertz CT molecular complexity index is 1990. The van der Waals surface area contributed by atoms with Gasteiger partial charge in [-0.2, -0.15) is 5.26 Å². The number of rotatable bonds is 6. The molecule has 2 bridgehead atoms. The number of nitrogens with zero attached hydrogens (tertiary/aromatic N) is 6. The molecule has 3 aliphatic rings. The van der Waals surface area contributed by atoms with Crippen molar-refractivity contribution in [3.8, 4) is 34.6 Å². The standard InChI is InChI=1S/C36H36N6O2/c1-21-11-24-13-28(21)20-41(18-24)36(43)27-14-30-33(32(16-27)44-3)40(2)35(39-30)31-15-26-9-10-29(25-6-4-5-23(12-25)17-37)38-34(26)42(31)19-22-7-8-22/h4-6,9-10,12,14-16,21-22,24,28H,7-8,11,13,18-20H2,1-3H3/t21-,24?,28?/m0/s1. The van der Waals surface area contributed by atoms with Crippen molar-refractivity contribution in [2.45, 2.75) is 39.2 Å². The van der Waals surface area contributed by atoms with Crippen LogP contribution < -0.4 is 4.74 Å². The van der Waals surface area contributed by atoms with Gasteiger partial charge in [-0.25, -0.2) is 9.97 Å². The Kier molecular flexibility index (Phi) is 6.26. The number of hydrogen-bond donors (Lipinski definition) is 0. The van der Waals surface area contributed by atoms with Crippen molar-refractivity contribution in [3.05, 3.63) is 65.7 Å². The third-order valence-corrected chi connectivity index (χ3v) is 10.2. The highest BCUT2D eigenvalue weighted by molar-refractivity contribution is 6.00. The van der Waals surface area contributed by atoms with Gasteiger partial charge >= 0.3 is 0 Å². The molecule has 222 valence electrons. The van der Waals surface area contributed by atoms with Crippen LogP contribution in [0.4, 0.5) is 0 Å². The first-order valence-corrected chi connectivity index (χ1v) is 15.7. The zero-order valence-electron chi connectivity index (χ0n) is 25.5. The molecule has 5 aromatic rings. The van der Waals surface area contributed by atoms with Gasteiger partial charge in [-0.15, -0.1) is 0 Å². The number of likely N-dealkylation sites (tertiary alicyclic amines) is 1. The summed E-state index contributed by atoms with van der Waals surface area (Å²) in [6.07, 6.45) is 4.88. The van der Waals surface area contributed by atoms with Crippen LogP contribution in [0.2, 0.25) is 0 Å². The second-order valence-electron chi connectivity index (χ2n) is 13.2. The molecule has 8 nitrogen and oxygen atoms in total. The molecule has 1 aliphatic heterocycles. The largest absolute Gasteiger partial charge is 0.494 e. The van der Waals surface area contributed by atoms with Crippen molar-refractivity contribution in [1.29, 1.82) is 5.26 Å². The fraction of sp³-hybridized carbons (Fsp3) is 0.389. The Morgan fingerprint density at radius 1 is 1.07 bits per heavy atom. The summed E-state index contributed by atoms with van der Waals surface area (Å²) in [6, 6.07) is 20.0. The average molecular weight is 585 g/mol. The number of aryl methyl sites for hydroxylation is 1. The molecule has 8 rings (SSSR count). The first kappa shape index (κ1) is 26.9. The smallest absolute Gasteiger partial charge is 0.254 e. The van der Waals surface area contributed by atoms with Crippen molar-refractivity contribution in [1.82, 2.24) is 24.0 Å². The topological polar surface area (TPSA) is 89.0 Å². The summed E-state index contributed by atoms with van der Waals surface area (Å²) >= 11 is 0. The molecule has 44 heavy (non-hydrogen) atoms. The first-order chi connectivity index (χ1) is 21.4. The third kappa shape index (κ3) is 4.45. The van der Waals surface area contributed by atoms with E-state index < -0.39 is 0 Å². The summed E-state index contributed by atoms with van der Waals surface area (Å²) < 4.78 is 10.3. The first-order valence-electron chi connectivity index (χ1n) is 15.7. The quantitative estimate of drug-likeness (QED) is 0.223. The van der Waals surface area contributed by atoms with Gasteiger partial charge in [0.1, 0.15) is 16.9 Å². The molecule has 8 heteroatoms. The summed E-state index contributed by atoms with van der Waals surface area (Å²) in [7, 11) is 3.68. The molecule has 2 unspecified atom stereocenters. The molecule has 4 heterocycles. The maximum absolute atomic E-state index is 13.8. The van der Waals surface area contributed by atoms with Crippen molar-refractivity contribution in [3.63, 3.8) is 0 Å². The summed E-state index contributed by atoms with van der Waals surface area (Å²) in [6.45, 7) is 4.87. The molecule has 0 N–H and O–H groups in total. The fourth-order valence-corrected chi connectivity index (χ4v) is 7.68. The number of carbonyl (C=O) groups is 1. The lowest BCUT2D eigenvalue weighted by atomic mass is 9.95. The van der Waals surface area contributed by atoms with Crippen LogP contribution in [0.25, 0.3) is 44.8 Å². The Balaban J connectivity index is 1.22. The number of aromatic nitrogens is 4. The molecule has 0 radical (unpaired) electrons. The molecule has 3 aromatic heterocycles. The summed E-state index contributed by atoms with van der Waals surface area (Å²) in [5.41, 5.74) is 6.55. The highest BCUT2D eigenvalue weighted by atomic mass is 16.5. The normalized spacial score (nSPS) is 21.2. The monoisotopic (exact) mass is 584 g/mol. The van der Waals surface area contributed by atoms with Crippen molar-refractivity contribution < 1.29 is 9.53 Å². The minimum atomic E-state index is 0.0706. The van der Waals surface area contributed by atoms with E-state index in [-0.39, 0.29) is 5.91 Å². The Hall–Kier alpha value is -4.64. The lowest BCUT2D eigenvalue weighted by Crippen LogP contribution is -2.41. The van der Waals surface area contributed by atoms with Gasteiger partial charge in [-0.1, -0.05) is 19.1 Å². The van der Waals surface area contributed by atoms with E-state index >= 15 is 0 Å². The number of benzene rings is 2. The van der Waals surface area contributed by atoms with Crippen LogP contribution in [0.3, 0.4) is 0 Å². The van der Waals surface area contributed by atoms with Crippen molar-refractivity contribution in [2.24, 2.45) is 30.7 Å². The van der Waals surface area contributed by atoms with E-state index in [2.05, 4.69) is 39.2 Å². The molecule has 1 saturated heterocycles. The second-order valence-corrected chi connectivity index (χ2v) is 13.2. The van der Waals surface area contributed by atoms with Gasteiger partial charge in [0.2, 0.25) is 0 Å². The Morgan fingerprint density at radius 2 is 1.93 bits per heavy atom. The number of nitriles is 1. The van der Waals surface area contributed by atoms with Crippen LogP contribution in [0.15, 0.2) is 54.6 Å². The predicted molar refractivity (Wildman–Crippen MR) is 170 cm³/mol. The third-order valence-electron chi connectivity index (χ3n) is 10.2. The number of hydrogen-bond acceptors (Lipinski definition) is 5. The molecule has 3 atom stereocenters. The second kappa shape index (κ2) is 10.2. The number of piperidine rings is 1. The number of ether oxygens (including phenoxy) is 1. The molecule has 2 aliphatic carbocycles. The molecule has 0 spiro atoms. The highest BCUT2D eigenvalue weighted by Crippen LogP contribution is 2.42. The van der Waals surface area contributed by atoms with E-state index in [1.165, 1.54) is 25.7 Å². The minimum absolute atomic E-state index is 0.0706. The van der Waals surface area contributed by atoms with Gasteiger partial charge in [0, 0.05) is 43.2 Å². The minimum Gasteiger partial charge on any atom is -0.494 e. The zero-order valence-corrected chi connectivity index (χ0v) is 25.5. The summed E-state index contributed by atoms with van der Waals surface area (Å²) in [5, 5.41) is 10.5.